The second-order valence-electron chi connectivity index (χ2n) is 5.35. The summed E-state index contributed by atoms with van der Waals surface area (Å²) in [5, 5.41) is 12.6. The maximum atomic E-state index is 12.1. The number of nitrogens with zero attached hydrogens (tertiary/aromatic N) is 1. The second-order valence-corrected chi connectivity index (χ2v) is 6.20. The lowest BCUT2D eigenvalue weighted by atomic mass is 9.92. The molecule has 1 amide bonds. The van der Waals surface area contributed by atoms with Gasteiger partial charge in [0, 0.05) is 6.20 Å². The van der Waals surface area contributed by atoms with Gasteiger partial charge in [-0.1, -0.05) is 12.8 Å². The van der Waals surface area contributed by atoms with Gasteiger partial charge in [-0.15, -0.1) is 0 Å². The van der Waals surface area contributed by atoms with Crippen molar-refractivity contribution >= 4 is 21.8 Å². The van der Waals surface area contributed by atoms with E-state index in [1.54, 1.807) is 0 Å². The van der Waals surface area contributed by atoms with Crippen molar-refractivity contribution < 1.29 is 27.8 Å². The van der Waals surface area contributed by atoms with Crippen LogP contribution in [-0.4, -0.2) is 40.9 Å². The number of carbonyl (C=O) groups excluding carboxylic acids is 1. The maximum absolute atomic E-state index is 12.1. The number of pyridine rings is 1. The molecule has 0 saturated heterocycles. The minimum atomic E-state index is -4.46. The lowest BCUT2D eigenvalue weighted by molar-refractivity contribution is -0.154. The standard InChI is InChI=1S/C14H16BrF3N2O3/c15-9-5-8(6-19-13(9)23-7-14(16,17)18)12(22)20-10-3-1-2-4-11(10)21/h5-6,10-11,21H,1-4,7H2,(H,20,22)/t10-,11+/m0/s1. The Bertz CT molecular complexity index is 569. The fraction of sp³-hybridized carbons (Fsp3) is 0.571. The molecule has 0 spiro atoms. The van der Waals surface area contributed by atoms with Gasteiger partial charge in [0.15, 0.2) is 6.61 Å². The summed E-state index contributed by atoms with van der Waals surface area (Å²) in [4.78, 5) is 15.9. The summed E-state index contributed by atoms with van der Waals surface area (Å²) in [5.74, 6) is -0.678. The first-order valence-corrected chi connectivity index (χ1v) is 7.89. The van der Waals surface area contributed by atoms with Crippen LogP contribution < -0.4 is 10.1 Å². The summed E-state index contributed by atoms with van der Waals surface area (Å²) >= 11 is 3.04. The number of hydrogen-bond donors (Lipinski definition) is 2. The highest BCUT2D eigenvalue weighted by molar-refractivity contribution is 9.10. The Morgan fingerprint density at radius 1 is 1.43 bits per heavy atom. The Kier molecular flexibility index (Phi) is 5.85. The van der Waals surface area contributed by atoms with Crippen molar-refractivity contribution in [2.45, 2.75) is 44.0 Å². The first-order chi connectivity index (χ1) is 10.8. The zero-order chi connectivity index (χ0) is 17.0. The molecule has 0 unspecified atom stereocenters. The van der Waals surface area contributed by atoms with Crippen LogP contribution in [-0.2, 0) is 0 Å². The van der Waals surface area contributed by atoms with E-state index in [1.165, 1.54) is 6.07 Å². The molecule has 1 aromatic heterocycles. The Hall–Kier alpha value is -1.35. The number of halogens is 4. The van der Waals surface area contributed by atoms with E-state index in [1.807, 2.05) is 0 Å². The summed E-state index contributed by atoms with van der Waals surface area (Å²) in [6.07, 6.45) is -0.737. The minimum absolute atomic E-state index is 0.151. The van der Waals surface area contributed by atoms with Crippen LogP contribution >= 0.6 is 15.9 Å². The van der Waals surface area contributed by atoms with Crippen LogP contribution in [0.5, 0.6) is 5.88 Å². The van der Waals surface area contributed by atoms with Gasteiger partial charge >= 0.3 is 6.18 Å². The predicted molar refractivity (Wildman–Crippen MR) is 79.2 cm³/mol. The van der Waals surface area contributed by atoms with Crippen LogP contribution in [0.4, 0.5) is 13.2 Å². The smallest absolute Gasteiger partial charge is 0.422 e. The number of alkyl halides is 3. The van der Waals surface area contributed by atoms with Crippen molar-refractivity contribution in [1.29, 1.82) is 0 Å². The van der Waals surface area contributed by atoms with Gasteiger partial charge in [-0.25, -0.2) is 4.98 Å². The molecule has 9 heteroatoms. The molecule has 2 N–H and O–H groups in total. The van der Waals surface area contributed by atoms with Crippen molar-refractivity contribution in [3.05, 3.63) is 22.3 Å². The quantitative estimate of drug-likeness (QED) is 0.820. The number of nitrogens with one attached hydrogen (secondary N) is 1. The number of aliphatic hydroxyl groups is 1. The number of aromatic nitrogens is 1. The molecule has 1 heterocycles. The molecule has 1 aliphatic rings. The molecule has 0 radical (unpaired) electrons. The number of ether oxygens (including phenoxy) is 1. The summed E-state index contributed by atoms with van der Waals surface area (Å²) in [6.45, 7) is -1.46. The number of amides is 1. The Labute approximate surface area is 139 Å². The second kappa shape index (κ2) is 7.48. The first-order valence-electron chi connectivity index (χ1n) is 7.10. The molecule has 1 saturated carbocycles. The first kappa shape index (κ1) is 18.0. The minimum Gasteiger partial charge on any atom is -0.467 e. The molecular formula is C14H16BrF3N2O3. The zero-order valence-electron chi connectivity index (χ0n) is 12.1. The molecule has 5 nitrogen and oxygen atoms in total. The Balaban J connectivity index is 2.00. The highest BCUT2D eigenvalue weighted by Gasteiger charge is 2.29. The number of hydrogen-bond acceptors (Lipinski definition) is 4. The molecular weight excluding hydrogens is 381 g/mol. The summed E-state index contributed by atoms with van der Waals surface area (Å²) in [6, 6.07) is 1.01. The third-order valence-electron chi connectivity index (χ3n) is 3.49. The molecule has 23 heavy (non-hydrogen) atoms. The average Bonchev–Trinajstić information content (AvgIpc) is 2.47. The van der Waals surface area contributed by atoms with E-state index in [0.717, 1.165) is 19.0 Å². The van der Waals surface area contributed by atoms with Gasteiger partial charge in [-0.05, 0) is 34.8 Å². The number of aliphatic hydroxyl groups excluding tert-OH is 1. The van der Waals surface area contributed by atoms with E-state index in [0.29, 0.717) is 12.8 Å². The van der Waals surface area contributed by atoms with Crippen molar-refractivity contribution in [2.24, 2.45) is 0 Å². The van der Waals surface area contributed by atoms with E-state index in [-0.39, 0.29) is 22.0 Å². The monoisotopic (exact) mass is 396 g/mol. The molecule has 2 atom stereocenters. The molecule has 1 aromatic rings. The molecule has 2 rings (SSSR count). The van der Waals surface area contributed by atoms with E-state index in [4.69, 9.17) is 0 Å². The maximum Gasteiger partial charge on any atom is 0.422 e. The number of rotatable bonds is 4. The summed E-state index contributed by atoms with van der Waals surface area (Å²) in [5.41, 5.74) is 0.175. The van der Waals surface area contributed by atoms with Crippen molar-refractivity contribution in [1.82, 2.24) is 10.3 Å². The van der Waals surface area contributed by atoms with Gasteiger partial charge in [0.1, 0.15) is 0 Å². The number of carbonyl (C=O) groups is 1. The third kappa shape index (κ3) is 5.35. The van der Waals surface area contributed by atoms with Crippen molar-refractivity contribution in [2.75, 3.05) is 6.61 Å². The van der Waals surface area contributed by atoms with Crippen molar-refractivity contribution in [3.8, 4) is 5.88 Å². The Morgan fingerprint density at radius 3 is 2.74 bits per heavy atom. The van der Waals surface area contributed by atoms with E-state index in [2.05, 4.69) is 31.0 Å². The van der Waals surface area contributed by atoms with Gasteiger partial charge in [-0.3, -0.25) is 4.79 Å². The normalized spacial score (nSPS) is 21.8. The van der Waals surface area contributed by atoms with Gasteiger partial charge < -0.3 is 15.2 Å². The predicted octanol–water partition coefficient (Wildman–Crippen LogP) is 2.82. The lowest BCUT2D eigenvalue weighted by Crippen LogP contribution is -2.45. The zero-order valence-corrected chi connectivity index (χ0v) is 13.7. The van der Waals surface area contributed by atoms with E-state index in [9.17, 15) is 23.1 Å². The molecule has 128 valence electrons. The van der Waals surface area contributed by atoms with Crippen LogP contribution in [0.25, 0.3) is 0 Å². The van der Waals surface area contributed by atoms with Crippen LogP contribution in [0.15, 0.2) is 16.7 Å². The topological polar surface area (TPSA) is 71.5 Å². The highest BCUT2D eigenvalue weighted by atomic mass is 79.9. The van der Waals surface area contributed by atoms with E-state index < -0.39 is 24.8 Å². The Morgan fingerprint density at radius 2 is 2.13 bits per heavy atom. The molecule has 1 fully saturated rings. The van der Waals surface area contributed by atoms with Crippen LogP contribution in [0.1, 0.15) is 36.0 Å². The van der Waals surface area contributed by atoms with Crippen LogP contribution in [0, 0.1) is 0 Å². The van der Waals surface area contributed by atoms with Gasteiger partial charge in [0.25, 0.3) is 5.91 Å². The fourth-order valence-electron chi connectivity index (χ4n) is 2.34. The van der Waals surface area contributed by atoms with Gasteiger partial charge in [0.05, 0.1) is 22.2 Å². The fourth-order valence-corrected chi connectivity index (χ4v) is 2.80. The highest BCUT2D eigenvalue weighted by Crippen LogP contribution is 2.26. The molecule has 1 aliphatic carbocycles. The van der Waals surface area contributed by atoms with E-state index >= 15 is 0 Å². The SMILES string of the molecule is O=C(N[C@H]1CCCC[C@H]1O)c1cnc(OCC(F)(F)F)c(Br)c1. The van der Waals surface area contributed by atoms with Crippen molar-refractivity contribution in [3.63, 3.8) is 0 Å². The average molecular weight is 397 g/mol. The van der Waals surface area contributed by atoms with Crippen LogP contribution in [0.2, 0.25) is 0 Å². The van der Waals surface area contributed by atoms with Crippen LogP contribution in [0.3, 0.4) is 0 Å². The summed E-state index contributed by atoms with van der Waals surface area (Å²) in [7, 11) is 0. The molecule has 0 bridgehead atoms. The largest absolute Gasteiger partial charge is 0.467 e. The third-order valence-corrected chi connectivity index (χ3v) is 4.06. The molecule has 0 aromatic carbocycles. The van der Waals surface area contributed by atoms with Gasteiger partial charge in [-0.2, -0.15) is 13.2 Å². The molecule has 0 aliphatic heterocycles. The lowest BCUT2D eigenvalue weighted by Gasteiger charge is -2.28. The summed E-state index contributed by atoms with van der Waals surface area (Å²) < 4.78 is 41.1. The van der Waals surface area contributed by atoms with Gasteiger partial charge in [0.2, 0.25) is 5.88 Å².